The van der Waals surface area contributed by atoms with Crippen molar-refractivity contribution in [2.75, 3.05) is 13.7 Å². The lowest BCUT2D eigenvalue weighted by molar-refractivity contribution is 0.168. The van der Waals surface area contributed by atoms with Gasteiger partial charge in [-0.1, -0.05) is 48.5 Å². The van der Waals surface area contributed by atoms with E-state index in [2.05, 4.69) is 67.3 Å². The van der Waals surface area contributed by atoms with Crippen LogP contribution in [0.15, 0.2) is 60.7 Å². The lowest BCUT2D eigenvalue weighted by atomic mass is 9.89. The molecule has 0 radical (unpaired) electrons. The SMILES string of the molecule is COc1ccc(C2=CCN(C(C)C)C(c3ccccc3)C2)cc1. The van der Waals surface area contributed by atoms with Crippen LogP contribution in [-0.2, 0) is 0 Å². The fraction of sp³-hybridized carbons (Fsp3) is 0.333. The van der Waals surface area contributed by atoms with Gasteiger partial charge in [-0.05, 0) is 49.1 Å². The molecular weight excluding hydrogens is 282 g/mol. The van der Waals surface area contributed by atoms with Gasteiger partial charge in [0.2, 0.25) is 0 Å². The molecule has 2 aromatic carbocycles. The topological polar surface area (TPSA) is 12.5 Å². The second-order valence-electron chi connectivity index (χ2n) is 6.38. The minimum Gasteiger partial charge on any atom is -0.497 e. The Morgan fingerprint density at radius 3 is 2.30 bits per heavy atom. The summed E-state index contributed by atoms with van der Waals surface area (Å²) >= 11 is 0. The van der Waals surface area contributed by atoms with Crippen molar-refractivity contribution in [2.24, 2.45) is 0 Å². The van der Waals surface area contributed by atoms with E-state index in [9.17, 15) is 0 Å². The van der Waals surface area contributed by atoms with E-state index in [1.165, 1.54) is 16.7 Å². The number of methoxy groups -OCH3 is 1. The molecule has 3 rings (SSSR count). The molecule has 2 nitrogen and oxygen atoms in total. The van der Waals surface area contributed by atoms with Gasteiger partial charge in [-0.15, -0.1) is 0 Å². The van der Waals surface area contributed by atoms with Gasteiger partial charge in [-0.3, -0.25) is 4.90 Å². The van der Waals surface area contributed by atoms with Gasteiger partial charge in [-0.25, -0.2) is 0 Å². The molecule has 1 aliphatic heterocycles. The van der Waals surface area contributed by atoms with Gasteiger partial charge in [-0.2, -0.15) is 0 Å². The highest BCUT2D eigenvalue weighted by Crippen LogP contribution is 2.37. The zero-order valence-corrected chi connectivity index (χ0v) is 14.2. The molecule has 0 saturated carbocycles. The maximum absolute atomic E-state index is 5.27. The molecule has 1 atom stereocenters. The predicted molar refractivity (Wildman–Crippen MR) is 96.6 cm³/mol. The molecule has 0 amide bonds. The van der Waals surface area contributed by atoms with Crippen LogP contribution < -0.4 is 4.74 Å². The first kappa shape index (κ1) is 15.8. The number of rotatable bonds is 4. The molecule has 1 aliphatic rings. The molecule has 0 N–H and O–H groups in total. The summed E-state index contributed by atoms with van der Waals surface area (Å²) in [6.07, 6.45) is 3.43. The lowest BCUT2D eigenvalue weighted by Crippen LogP contribution is -2.37. The Morgan fingerprint density at radius 2 is 1.70 bits per heavy atom. The average molecular weight is 307 g/mol. The molecule has 23 heavy (non-hydrogen) atoms. The number of nitrogens with zero attached hydrogens (tertiary/aromatic N) is 1. The Balaban J connectivity index is 1.89. The Kier molecular flexibility index (Phi) is 4.82. The Hall–Kier alpha value is -2.06. The minimum atomic E-state index is 0.443. The summed E-state index contributed by atoms with van der Waals surface area (Å²) in [4.78, 5) is 2.57. The third-order valence-corrected chi connectivity index (χ3v) is 4.67. The Bertz CT molecular complexity index is 658. The third-order valence-electron chi connectivity index (χ3n) is 4.67. The largest absolute Gasteiger partial charge is 0.497 e. The average Bonchev–Trinajstić information content (AvgIpc) is 2.62. The quantitative estimate of drug-likeness (QED) is 0.793. The first-order valence-electron chi connectivity index (χ1n) is 8.33. The molecule has 1 unspecified atom stereocenters. The number of ether oxygens (including phenoxy) is 1. The van der Waals surface area contributed by atoms with E-state index in [4.69, 9.17) is 4.74 Å². The van der Waals surface area contributed by atoms with Crippen LogP contribution in [0.1, 0.15) is 37.4 Å². The summed E-state index contributed by atoms with van der Waals surface area (Å²) in [6, 6.07) is 20.3. The van der Waals surface area contributed by atoms with Crippen LogP contribution in [-0.4, -0.2) is 24.6 Å². The van der Waals surface area contributed by atoms with Crippen molar-refractivity contribution in [1.29, 1.82) is 0 Å². The van der Waals surface area contributed by atoms with Crippen molar-refractivity contribution < 1.29 is 4.74 Å². The number of hydrogen-bond donors (Lipinski definition) is 0. The fourth-order valence-electron chi connectivity index (χ4n) is 3.35. The maximum atomic E-state index is 5.27. The molecule has 0 saturated heterocycles. The molecular formula is C21H25NO. The molecule has 2 aromatic rings. The zero-order chi connectivity index (χ0) is 16.2. The first-order valence-corrected chi connectivity index (χ1v) is 8.33. The van der Waals surface area contributed by atoms with Crippen LogP contribution in [0.4, 0.5) is 0 Å². The molecule has 1 heterocycles. The van der Waals surface area contributed by atoms with E-state index in [-0.39, 0.29) is 0 Å². The van der Waals surface area contributed by atoms with Crippen molar-refractivity contribution in [3.05, 3.63) is 71.8 Å². The van der Waals surface area contributed by atoms with Gasteiger partial charge in [0, 0.05) is 18.6 Å². The normalized spacial score (nSPS) is 18.8. The number of hydrogen-bond acceptors (Lipinski definition) is 2. The molecule has 0 bridgehead atoms. The summed E-state index contributed by atoms with van der Waals surface area (Å²) in [5.41, 5.74) is 4.13. The van der Waals surface area contributed by atoms with E-state index in [0.717, 1.165) is 18.7 Å². The Labute approximate surface area is 139 Å². The first-order chi connectivity index (χ1) is 11.2. The summed E-state index contributed by atoms with van der Waals surface area (Å²) in [5, 5.41) is 0. The van der Waals surface area contributed by atoms with Gasteiger partial charge in [0.25, 0.3) is 0 Å². The molecule has 0 spiro atoms. The van der Waals surface area contributed by atoms with Crippen LogP contribution in [0.25, 0.3) is 5.57 Å². The van der Waals surface area contributed by atoms with Gasteiger partial charge < -0.3 is 4.74 Å². The van der Waals surface area contributed by atoms with Crippen LogP contribution in [0.2, 0.25) is 0 Å². The smallest absolute Gasteiger partial charge is 0.118 e. The fourth-order valence-corrected chi connectivity index (χ4v) is 3.35. The zero-order valence-electron chi connectivity index (χ0n) is 14.2. The molecule has 0 aromatic heterocycles. The van der Waals surface area contributed by atoms with Crippen molar-refractivity contribution in [3.63, 3.8) is 0 Å². The van der Waals surface area contributed by atoms with Crippen LogP contribution in [0.5, 0.6) is 5.75 Å². The van der Waals surface area contributed by atoms with E-state index >= 15 is 0 Å². The van der Waals surface area contributed by atoms with Crippen LogP contribution in [0, 0.1) is 0 Å². The van der Waals surface area contributed by atoms with Crippen molar-refractivity contribution in [2.45, 2.75) is 32.4 Å². The van der Waals surface area contributed by atoms with Gasteiger partial charge in [0.1, 0.15) is 5.75 Å². The summed E-state index contributed by atoms with van der Waals surface area (Å²) in [6.45, 7) is 5.56. The van der Waals surface area contributed by atoms with Crippen LogP contribution >= 0.6 is 0 Å². The van der Waals surface area contributed by atoms with Gasteiger partial charge in [0.15, 0.2) is 0 Å². The summed E-state index contributed by atoms with van der Waals surface area (Å²) in [5.74, 6) is 0.911. The van der Waals surface area contributed by atoms with Crippen LogP contribution in [0.3, 0.4) is 0 Å². The Morgan fingerprint density at radius 1 is 1.00 bits per heavy atom. The third kappa shape index (κ3) is 3.48. The second kappa shape index (κ2) is 7.01. The highest BCUT2D eigenvalue weighted by molar-refractivity contribution is 5.68. The molecule has 0 aliphatic carbocycles. The highest BCUT2D eigenvalue weighted by atomic mass is 16.5. The number of benzene rings is 2. The van der Waals surface area contributed by atoms with Crippen molar-refractivity contribution >= 4 is 5.57 Å². The summed E-state index contributed by atoms with van der Waals surface area (Å²) < 4.78 is 5.27. The van der Waals surface area contributed by atoms with Crippen molar-refractivity contribution in [1.82, 2.24) is 4.90 Å². The van der Waals surface area contributed by atoms with Gasteiger partial charge >= 0.3 is 0 Å². The van der Waals surface area contributed by atoms with Crippen molar-refractivity contribution in [3.8, 4) is 5.75 Å². The standard InChI is InChI=1S/C21H25NO/c1-16(2)22-14-13-19(17-9-11-20(23-3)12-10-17)15-21(22)18-7-5-4-6-8-18/h4-13,16,21H,14-15H2,1-3H3. The minimum absolute atomic E-state index is 0.443. The van der Waals surface area contributed by atoms with E-state index in [0.29, 0.717) is 12.1 Å². The molecule has 120 valence electrons. The monoisotopic (exact) mass is 307 g/mol. The second-order valence-corrected chi connectivity index (χ2v) is 6.38. The maximum Gasteiger partial charge on any atom is 0.118 e. The summed E-state index contributed by atoms with van der Waals surface area (Å²) in [7, 11) is 1.71. The predicted octanol–water partition coefficient (Wildman–Crippen LogP) is 4.93. The van der Waals surface area contributed by atoms with E-state index < -0.39 is 0 Å². The van der Waals surface area contributed by atoms with E-state index in [1.807, 2.05) is 12.1 Å². The lowest BCUT2D eigenvalue weighted by Gasteiger charge is -2.38. The molecule has 2 heteroatoms. The molecule has 0 fully saturated rings. The highest BCUT2D eigenvalue weighted by Gasteiger charge is 2.27. The van der Waals surface area contributed by atoms with E-state index in [1.54, 1.807) is 7.11 Å². The van der Waals surface area contributed by atoms with Gasteiger partial charge in [0.05, 0.1) is 7.11 Å².